The zero-order valence-electron chi connectivity index (χ0n) is 10.6. The first-order valence-electron chi connectivity index (χ1n) is 5.90. The lowest BCUT2D eigenvalue weighted by atomic mass is 10.1. The number of fused-ring (bicyclic) bond motifs is 1. The van der Waals surface area contributed by atoms with Gasteiger partial charge in [0.05, 0.1) is 0 Å². The highest BCUT2D eigenvalue weighted by Gasteiger charge is 2.23. The summed E-state index contributed by atoms with van der Waals surface area (Å²) < 4.78 is 1.48. The molecule has 3 rings (SSSR count). The number of thiazole rings is 1. The minimum Gasteiger partial charge on any atom is -0.359 e. The van der Waals surface area contributed by atoms with Crippen molar-refractivity contribution in [3.05, 3.63) is 51.3 Å². The molecule has 7 nitrogen and oxygen atoms in total. The molecule has 0 saturated heterocycles. The molecule has 0 atom stereocenters. The minimum absolute atomic E-state index is 0.0391. The number of imidazole rings is 1. The molecule has 0 fully saturated rings. The molecular weight excluding hydrogens is 278 g/mol. The smallest absolute Gasteiger partial charge is 0.359 e. The number of aromatic nitrogens is 3. The van der Waals surface area contributed by atoms with Crippen molar-refractivity contribution >= 4 is 27.9 Å². The van der Waals surface area contributed by atoms with Gasteiger partial charge >= 0.3 is 5.82 Å². The van der Waals surface area contributed by atoms with Crippen LogP contribution >= 0.6 is 11.3 Å². The van der Waals surface area contributed by atoms with Crippen molar-refractivity contribution in [1.82, 2.24) is 14.4 Å². The summed E-state index contributed by atoms with van der Waals surface area (Å²) in [6, 6.07) is 1.90. The van der Waals surface area contributed by atoms with Crippen LogP contribution < -0.4 is 5.32 Å². The second kappa shape index (κ2) is 4.89. The van der Waals surface area contributed by atoms with Crippen molar-refractivity contribution in [3.8, 4) is 0 Å². The van der Waals surface area contributed by atoms with Crippen LogP contribution in [0.5, 0.6) is 0 Å². The lowest BCUT2D eigenvalue weighted by Crippen LogP contribution is -2.04. The molecule has 3 heterocycles. The maximum atomic E-state index is 11.2. The van der Waals surface area contributed by atoms with Crippen molar-refractivity contribution in [3.63, 3.8) is 0 Å². The average Bonchev–Trinajstić information content (AvgIpc) is 2.97. The molecule has 0 aliphatic rings. The Morgan fingerprint density at radius 2 is 2.40 bits per heavy atom. The maximum Gasteiger partial charge on any atom is 0.372 e. The fraction of sp³-hybridized carbons (Fsp3) is 0.167. The molecule has 0 spiro atoms. The van der Waals surface area contributed by atoms with Gasteiger partial charge in [-0.25, -0.2) is 0 Å². The molecule has 102 valence electrons. The molecule has 0 aliphatic carbocycles. The lowest BCUT2D eigenvalue weighted by Gasteiger charge is -2.05. The highest BCUT2D eigenvalue weighted by atomic mass is 32.1. The summed E-state index contributed by atoms with van der Waals surface area (Å²) in [6.07, 6.45) is 5.10. The van der Waals surface area contributed by atoms with Crippen molar-refractivity contribution < 1.29 is 4.92 Å². The summed E-state index contributed by atoms with van der Waals surface area (Å²) in [4.78, 5) is 19.6. The number of nitrogens with zero attached hydrogens (tertiary/aromatic N) is 4. The topological polar surface area (TPSA) is 85.4 Å². The van der Waals surface area contributed by atoms with Crippen LogP contribution in [-0.2, 0) is 6.54 Å². The van der Waals surface area contributed by atoms with Gasteiger partial charge in [0.1, 0.15) is 6.20 Å². The molecule has 3 aromatic heterocycles. The highest BCUT2D eigenvalue weighted by Crippen LogP contribution is 2.28. The van der Waals surface area contributed by atoms with Gasteiger partial charge in [-0.15, -0.1) is 0 Å². The first-order chi connectivity index (χ1) is 9.66. The number of nitro groups is 1. The van der Waals surface area contributed by atoms with Gasteiger partial charge < -0.3 is 15.4 Å². The van der Waals surface area contributed by atoms with Gasteiger partial charge in [-0.2, -0.15) is 9.38 Å². The van der Waals surface area contributed by atoms with E-state index in [1.54, 1.807) is 24.0 Å². The first kappa shape index (κ1) is 12.5. The van der Waals surface area contributed by atoms with E-state index >= 15 is 0 Å². The van der Waals surface area contributed by atoms with Crippen LogP contribution in [0.25, 0.3) is 4.96 Å². The molecular formula is C12H11N5O2S. The largest absolute Gasteiger partial charge is 0.372 e. The van der Waals surface area contributed by atoms with Gasteiger partial charge in [0.15, 0.2) is 0 Å². The van der Waals surface area contributed by atoms with E-state index in [0.717, 1.165) is 11.1 Å². The molecule has 8 heteroatoms. The van der Waals surface area contributed by atoms with Crippen LogP contribution in [0.2, 0.25) is 0 Å². The van der Waals surface area contributed by atoms with Crippen molar-refractivity contribution in [2.24, 2.45) is 0 Å². The fourth-order valence-corrected chi connectivity index (χ4v) is 2.64. The van der Waals surface area contributed by atoms with Crippen LogP contribution in [0.15, 0.2) is 30.0 Å². The quantitative estimate of drug-likeness (QED) is 0.589. The zero-order chi connectivity index (χ0) is 14.1. The Bertz CT molecular complexity index is 779. The van der Waals surface area contributed by atoms with Crippen molar-refractivity contribution in [2.75, 3.05) is 5.32 Å². The number of nitrogens with one attached hydrogen (secondary N) is 1. The van der Waals surface area contributed by atoms with Crippen LogP contribution in [0.3, 0.4) is 0 Å². The third kappa shape index (κ3) is 2.10. The normalized spacial score (nSPS) is 10.8. The number of pyridine rings is 1. The van der Waals surface area contributed by atoms with Gasteiger partial charge in [0.2, 0.25) is 5.82 Å². The third-order valence-corrected chi connectivity index (χ3v) is 3.76. The zero-order valence-corrected chi connectivity index (χ0v) is 11.4. The molecule has 0 saturated carbocycles. The van der Waals surface area contributed by atoms with E-state index in [4.69, 9.17) is 0 Å². The van der Waals surface area contributed by atoms with Crippen LogP contribution in [0, 0.1) is 17.0 Å². The Morgan fingerprint density at radius 3 is 3.15 bits per heavy atom. The monoisotopic (exact) mass is 289 g/mol. The molecule has 0 bridgehead atoms. The lowest BCUT2D eigenvalue weighted by molar-refractivity contribution is -0.389. The summed E-state index contributed by atoms with van der Waals surface area (Å²) in [5, 5.41) is 16.0. The first-order valence-corrected chi connectivity index (χ1v) is 6.78. The molecule has 0 unspecified atom stereocenters. The van der Waals surface area contributed by atoms with Gasteiger partial charge in [0.25, 0.3) is 4.96 Å². The Hall–Kier alpha value is -2.48. The Labute approximate surface area is 118 Å². The molecule has 1 N–H and O–H groups in total. The predicted octanol–water partition coefficient (Wildman–Crippen LogP) is 2.62. The summed E-state index contributed by atoms with van der Waals surface area (Å²) in [7, 11) is 0. The second-order valence-corrected chi connectivity index (χ2v) is 5.13. The van der Waals surface area contributed by atoms with E-state index in [2.05, 4.69) is 15.3 Å². The molecule has 0 radical (unpaired) electrons. The number of hydrogen-bond donors (Lipinski definition) is 1. The molecule has 3 aromatic rings. The van der Waals surface area contributed by atoms with E-state index < -0.39 is 4.92 Å². The molecule has 0 aromatic carbocycles. The van der Waals surface area contributed by atoms with Gasteiger partial charge in [-0.05, 0) is 29.0 Å². The van der Waals surface area contributed by atoms with E-state index in [9.17, 15) is 10.1 Å². The van der Waals surface area contributed by atoms with Crippen LogP contribution in [0.4, 0.5) is 11.6 Å². The van der Waals surface area contributed by atoms with E-state index in [1.165, 1.54) is 15.7 Å². The standard InChI is InChI=1S/C12H11N5O2S/c1-8-2-3-13-6-9(8)7-14-10-11(17(18)19)16-4-5-20-12(16)15-10/h2-6,14H,7H2,1H3. The van der Waals surface area contributed by atoms with Gasteiger partial charge in [-0.1, -0.05) is 11.3 Å². The minimum atomic E-state index is -0.425. The van der Waals surface area contributed by atoms with Crippen molar-refractivity contribution in [1.29, 1.82) is 0 Å². The summed E-state index contributed by atoms with van der Waals surface area (Å²) in [6.45, 7) is 2.42. The van der Waals surface area contributed by atoms with Crippen molar-refractivity contribution in [2.45, 2.75) is 13.5 Å². The second-order valence-electron chi connectivity index (χ2n) is 4.25. The van der Waals surface area contributed by atoms with Gasteiger partial charge in [0, 0.05) is 24.3 Å². The fourth-order valence-electron chi connectivity index (χ4n) is 1.93. The highest BCUT2D eigenvalue weighted by molar-refractivity contribution is 7.15. The molecule has 0 aliphatic heterocycles. The van der Waals surface area contributed by atoms with E-state index in [1.807, 2.05) is 13.0 Å². The van der Waals surface area contributed by atoms with Gasteiger partial charge in [-0.3, -0.25) is 4.98 Å². The summed E-state index contributed by atoms with van der Waals surface area (Å²) >= 11 is 1.36. The summed E-state index contributed by atoms with van der Waals surface area (Å²) in [5.74, 6) is 0.243. The number of rotatable bonds is 4. The third-order valence-electron chi connectivity index (χ3n) is 3.00. The number of hydrogen-bond acceptors (Lipinski definition) is 6. The Balaban J connectivity index is 1.91. The SMILES string of the molecule is Cc1ccncc1CNc1nc2sccn2c1[N+](=O)[O-]. The molecule has 20 heavy (non-hydrogen) atoms. The number of anilines is 1. The van der Waals surface area contributed by atoms with E-state index in [-0.39, 0.29) is 11.6 Å². The molecule has 0 amide bonds. The average molecular weight is 289 g/mol. The Morgan fingerprint density at radius 1 is 1.55 bits per heavy atom. The number of aryl methyl sites for hydroxylation is 1. The van der Waals surface area contributed by atoms with Crippen LogP contribution in [0.1, 0.15) is 11.1 Å². The predicted molar refractivity (Wildman–Crippen MR) is 76.0 cm³/mol. The van der Waals surface area contributed by atoms with E-state index in [0.29, 0.717) is 11.5 Å². The Kier molecular flexibility index (Phi) is 3.07. The maximum absolute atomic E-state index is 11.2. The van der Waals surface area contributed by atoms with Crippen LogP contribution in [-0.4, -0.2) is 19.3 Å². The summed E-state index contributed by atoms with van der Waals surface area (Å²) in [5.41, 5.74) is 2.06.